The number of carbonyl (C=O) groups excluding carboxylic acids is 1. The molecule has 2 heteroatoms. The molecule has 0 aromatic rings. The third kappa shape index (κ3) is 1.81. The molecular weight excluding hydrogens is 222 g/mol. The summed E-state index contributed by atoms with van der Waals surface area (Å²) in [7, 11) is 0. The minimum absolute atomic E-state index is 0.0160. The van der Waals surface area contributed by atoms with Gasteiger partial charge in [-0.25, -0.2) is 0 Å². The van der Waals surface area contributed by atoms with Crippen molar-refractivity contribution >= 4 is 5.91 Å². The summed E-state index contributed by atoms with van der Waals surface area (Å²) >= 11 is 0. The molecule has 1 heterocycles. The number of fused-ring (bicyclic) bond motifs is 3. The van der Waals surface area contributed by atoms with Crippen molar-refractivity contribution < 1.29 is 4.79 Å². The highest BCUT2D eigenvalue weighted by molar-refractivity contribution is 5.83. The molecule has 0 unspecified atom stereocenters. The van der Waals surface area contributed by atoms with Crippen molar-refractivity contribution in [3.63, 3.8) is 0 Å². The Bertz CT molecular complexity index is 330. The van der Waals surface area contributed by atoms with Crippen molar-refractivity contribution in [2.24, 2.45) is 10.8 Å². The maximum Gasteiger partial charge on any atom is 0.228 e. The number of carbonyl (C=O) groups is 1. The first-order chi connectivity index (χ1) is 8.70. The summed E-state index contributed by atoms with van der Waals surface area (Å²) in [4.78, 5) is 15.0. The van der Waals surface area contributed by atoms with Crippen molar-refractivity contribution in [1.82, 2.24) is 4.90 Å². The highest BCUT2D eigenvalue weighted by Crippen LogP contribution is 2.58. The Morgan fingerprint density at radius 3 is 2.00 bits per heavy atom. The molecule has 0 radical (unpaired) electrons. The molecule has 3 aliphatic carbocycles. The van der Waals surface area contributed by atoms with E-state index in [9.17, 15) is 4.79 Å². The van der Waals surface area contributed by atoms with Gasteiger partial charge in [-0.2, -0.15) is 0 Å². The van der Waals surface area contributed by atoms with Gasteiger partial charge in [0.05, 0.1) is 0 Å². The van der Waals surface area contributed by atoms with Crippen LogP contribution in [0.2, 0.25) is 0 Å². The van der Waals surface area contributed by atoms with Gasteiger partial charge in [-0.15, -0.1) is 6.58 Å². The highest BCUT2D eigenvalue weighted by Gasteiger charge is 2.52. The fourth-order valence-electron chi connectivity index (χ4n) is 4.27. The number of rotatable bonds is 2. The van der Waals surface area contributed by atoms with Crippen LogP contribution >= 0.6 is 0 Å². The summed E-state index contributed by atoms with van der Waals surface area (Å²) in [6.07, 6.45) is 12.8. The second kappa shape index (κ2) is 4.40. The van der Waals surface area contributed by atoms with Gasteiger partial charge in [0.2, 0.25) is 5.91 Å². The molecule has 1 aliphatic heterocycles. The molecule has 0 N–H and O–H groups in total. The van der Waals surface area contributed by atoms with Crippen LogP contribution in [0.15, 0.2) is 12.7 Å². The molecule has 0 atom stereocenters. The molecule has 18 heavy (non-hydrogen) atoms. The molecule has 1 amide bonds. The SMILES string of the molecule is C=CC12CCC(C(=O)N3CCCCC3)(CC1)CC2. The van der Waals surface area contributed by atoms with Crippen LogP contribution in [0.25, 0.3) is 0 Å². The number of nitrogens with zero attached hydrogens (tertiary/aromatic N) is 1. The van der Waals surface area contributed by atoms with Crippen LogP contribution in [-0.2, 0) is 4.79 Å². The van der Waals surface area contributed by atoms with Crippen molar-refractivity contribution in [2.45, 2.75) is 57.8 Å². The van der Waals surface area contributed by atoms with Crippen LogP contribution in [0.1, 0.15) is 57.8 Å². The fraction of sp³-hybridized carbons (Fsp3) is 0.812. The zero-order valence-electron chi connectivity index (χ0n) is 11.4. The van der Waals surface area contributed by atoms with Crippen molar-refractivity contribution in [3.05, 3.63) is 12.7 Å². The van der Waals surface area contributed by atoms with Crippen LogP contribution in [0, 0.1) is 10.8 Å². The van der Waals surface area contributed by atoms with E-state index in [1.165, 1.54) is 38.5 Å². The van der Waals surface area contributed by atoms with Crippen LogP contribution in [0.3, 0.4) is 0 Å². The average Bonchev–Trinajstić information content (AvgIpc) is 2.49. The van der Waals surface area contributed by atoms with E-state index >= 15 is 0 Å². The summed E-state index contributed by atoms with van der Waals surface area (Å²) in [6.45, 7) is 6.03. The third-order valence-corrected chi connectivity index (χ3v) is 5.83. The number of hydrogen-bond acceptors (Lipinski definition) is 1. The topological polar surface area (TPSA) is 20.3 Å². The lowest BCUT2D eigenvalue weighted by Gasteiger charge is -2.52. The maximum atomic E-state index is 12.8. The molecule has 1 saturated heterocycles. The smallest absolute Gasteiger partial charge is 0.228 e. The molecule has 100 valence electrons. The van der Waals surface area contributed by atoms with Gasteiger partial charge in [0.1, 0.15) is 0 Å². The lowest BCUT2D eigenvalue weighted by molar-refractivity contribution is -0.151. The number of allylic oxidation sites excluding steroid dienone is 1. The Balaban J connectivity index is 1.72. The van der Waals surface area contributed by atoms with E-state index in [4.69, 9.17) is 0 Å². The van der Waals surface area contributed by atoms with E-state index in [2.05, 4.69) is 17.6 Å². The summed E-state index contributed by atoms with van der Waals surface area (Å²) < 4.78 is 0. The first-order valence-electron chi connectivity index (χ1n) is 7.63. The Morgan fingerprint density at radius 1 is 0.944 bits per heavy atom. The van der Waals surface area contributed by atoms with Crippen LogP contribution in [0.4, 0.5) is 0 Å². The number of amides is 1. The standard InChI is InChI=1S/C16H25NO/c1-2-15-6-9-16(10-7-15,11-8-15)14(18)17-12-4-3-5-13-17/h2H,1,3-13H2. The molecule has 2 nitrogen and oxygen atoms in total. The van der Waals surface area contributed by atoms with Gasteiger partial charge in [0, 0.05) is 18.5 Å². The maximum absolute atomic E-state index is 12.8. The monoisotopic (exact) mass is 247 g/mol. The Morgan fingerprint density at radius 2 is 1.50 bits per heavy atom. The van der Waals surface area contributed by atoms with E-state index in [1.54, 1.807) is 0 Å². The number of piperidine rings is 1. The third-order valence-electron chi connectivity index (χ3n) is 5.83. The van der Waals surface area contributed by atoms with E-state index in [0.717, 1.165) is 32.4 Å². The minimum Gasteiger partial charge on any atom is -0.342 e. The van der Waals surface area contributed by atoms with Crippen LogP contribution < -0.4 is 0 Å². The predicted molar refractivity (Wildman–Crippen MR) is 73.2 cm³/mol. The highest BCUT2D eigenvalue weighted by atomic mass is 16.2. The van der Waals surface area contributed by atoms with Gasteiger partial charge in [-0.05, 0) is 63.2 Å². The Kier molecular flexibility index (Phi) is 2.99. The van der Waals surface area contributed by atoms with Crippen LogP contribution in [-0.4, -0.2) is 23.9 Å². The van der Waals surface area contributed by atoms with Crippen molar-refractivity contribution in [2.75, 3.05) is 13.1 Å². The van der Waals surface area contributed by atoms with Gasteiger partial charge < -0.3 is 4.90 Å². The van der Waals surface area contributed by atoms with Crippen LogP contribution in [0.5, 0.6) is 0 Å². The largest absolute Gasteiger partial charge is 0.342 e. The molecule has 4 aliphatic rings. The molecule has 0 spiro atoms. The lowest BCUT2D eigenvalue weighted by Crippen LogP contribution is -2.52. The van der Waals surface area contributed by atoms with Crippen molar-refractivity contribution in [1.29, 1.82) is 0 Å². The quantitative estimate of drug-likeness (QED) is 0.684. The normalized spacial score (nSPS) is 39.7. The van der Waals surface area contributed by atoms with E-state index < -0.39 is 0 Å². The van der Waals surface area contributed by atoms with Gasteiger partial charge >= 0.3 is 0 Å². The van der Waals surface area contributed by atoms with E-state index in [-0.39, 0.29) is 5.41 Å². The zero-order chi connectivity index (χ0) is 12.6. The second-order valence-electron chi connectivity index (χ2n) is 6.70. The molecule has 2 bridgehead atoms. The molecular formula is C16H25NO. The van der Waals surface area contributed by atoms with E-state index in [1.807, 2.05) is 0 Å². The summed E-state index contributed by atoms with van der Waals surface area (Å²) in [5.41, 5.74) is 0.395. The molecule has 0 aromatic heterocycles. The second-order valence-corrected chi connectivity index (χ2v) is 6.70. The first-order valence-corrected chi connectivity index (χ1v) is 7.63. The van der Waals surface area contributed by atoms with Gasteiger partial charge in [-0.3, -0.25) is 4.79 Å². The molecule has 0 aromatic carbocycles. The van der Waals surface area contributed by atoms with E-state index in [0.29, 0.717) is 11.3 Å². The average molecular weight is 247 g/mol. The number of hydrogen-bond donors (Lipinski definition) is 0. The first kappa shape index (κ1) is 12.3. The van der Waals surface area contributed by atoms with Crippen molar-refractivity contribution in [3.8, 4) is 0 Å². The summed E-state index contributed by atoms with van der Waals surface area (Å²) in [5, 5.41) is 0. The lowest BCUT2D eigenvalue weighted by atomic mass is 9.53. The van der Waals surface area contributed by atoms with Gasteiger partial charge in [0.15, 0.2) is 0 Å². The molecule has 4 rings (SSSR count). The van der Waals surface area contributed by atoms with Gasteiger partial charge in [-0.1, -0.05) is 6.08 Å². The fourth-order valence-corrected chi connectivity index (χ4v) is 4.27. The summed E-state index contributed by atoms with van der Waals surface area (Å²) in [5.74, 6) is 0.486. The zero-order valence-corrected chi connectivity index (χ0v) is 11.4. The molecule has 4 fully saturated rings. The minimum atomic E-state index is 0.0160. The Hall–Kier alpha value is -0.790. The van der Waals surface area contributed by atoms with Gasteiger partial charge in [0.25, 0.3) is 0 Å². The Labute approximate surface area is 110 Å². The predicted octanol–water partition coefficient (Wildman–Crippen LogP) is 3.53. The molecule has 3 saturated carbocycles. The number of likely N-dealkylation sites (tertiary alicyclic amines) is 1. The summed E-state index contributed by atoms with van der Waals surface area (Å²) in [6, 6.07) is 0.